The van der Waals surface area contributed by atoms with Gasteiger partial charge in [-0.15, -0.1) is 0 Å². The molecule has 0 fully saturated rings. The van der Waals surface area contributed by atoms with Crippen LogP contribution < -0.4 is 0 Å². The van der Waals surface area contributed by atoms with Crippen LogP contribution in [0.5, 0.6) is 0 Å². The van der Waals surface area contributed by atoms with E-state index in [-0.39, 0.29) is 0 Å². The van der Waals surface area contributed by atoms with E-state index in [1.54, 1.807) is 9.15 Å². The summed E-state index contributed by atoms with van der Waals surface area (Å²) in [5, 5.41) is 0. The fourth-order valence-corrected chi connectivity index (χ4v) is 3.06. The summed E-state index contributed by atoms with van der Waals surface area (Å²) in [5.41, 5.74) is 1.68. The Labute approximate surface area is 109 Å². The molecule has 2 heteroatoms. The van der Waals surface area contributed by atoms with Crippen LogP contribution in [0.15, 0.2) is 21.3 Å². The average Bonchev–Trinajstić information content (AvgIpc) is 2.10. The zero-order chi connectivity index (χ0) is 9.68. The fraction of sp³-hybridized carbons (Fsp3) is 0.636. The van der Waals surface area contributed by atoms with Crippen LogP contribution in [-0.2, 0) is 0 Å². The third-order valence-corrected chi connectivity index (χ3v) is 3.79. The van der Waals surface area contributed by atoms with Crippen molar-refractivity contribution in [2.45, 2.75) is 32.6 Å². The lowest BCUT2D eigenvalue weighted by molar-refractivity contribution is 0.612. The molecular formula is C11H16I2. The van der Waals surface area contributed by atoms with Crippen LogP contribution in [0, 0.1) is 5.92 Å². The Kier molecular flexibility index (Phi) is 5.94. The van der Waals surface area contributed by atoms with Gasteiger partial charge in [-0.1, -0.05) is 53.7 Å². The van der Waals surface area contributed by atoms with Crippen LogP contribution in [0.25, 0.3) is 0 Å². The summed E-state index contributed by atoms with van der Waals surface area (Å²) in [6.45, 7) is 2.27. The normalized spacial score (nSPS) is 26.2. The minimum Gasteiger partial charge on any atom is -0.0818 e. The standard InChI is InChI=1S/C11H16I2/c1-2-3-10-8-11(13)5-4-9(10)6-7-12/h6,8,10H,2-5,7H2,1H3/b9-6-/t10-/m0/s1. The van der Waals surface area contributed by atoms with Crippen molar-refractivity contribution in [2.24, 2.45) is 5.92 Å². The van der Waals surface area contributed by atoms with Gasteiger partial charge in [0.2, 0.25) is 0 Å². The molecule has 0 aromatic rings. The lowest BCUT2D eigenvalue weighted by atomic mass is 9.86. The predicted molar refractivity (Wildman–Crippen MR) is 76.7 cm³/mol. The molecule has 0 aromatic carbocycles. The van der Waals surface area contributed by atoms with Crippen molar-refractivity contribution < 1.29 is 0 Å². The van der Waals surface area contributed by atoms with Crippen molar-refractivity contribution in [1.82, 2.24) is 0 Å². The zero-order valence-corrected chi connectivity index (χ0v) is 12.3. The molecular weight excluding hydrogens is 386 g/mol. The molecule has 0 heterocycles. The van der Waals surface area contributed by atoms with Crippen LogP contribution in [0.3, 0.4) is 0 Å². The molecule has 0 nitrogen and oxygen atoms in total. The Bertz CT molecular complexity index is 216. The van der Waals surface area contributed by atoms with Crippen molar-refractivity contribution in [1.29, 1.82) is 0 Å². The van der Waals surface area contributed by atoms with Gasteiger partial charge in [-0.25, -0.2) is 0 Å². The summed E-state index contributed by atoms with van der Waals surface area (Å²) >= 11 is 4.92. The first-order chi connectivity index (χ1) is 6.27. The summed E-state index contributed by atoms with van der Waals surface area (Å²) in [6, 6.07) is 0. The maximum Gasteiger partial charge on any atom is 0.0178 e. The minimum atomic E-state index is 0.750. The second-order valence-corrected chi connectivity index (χ2v) is 5.71. The topological polar surface area (TPSA) is 0 Å². The molecule has 0 aromatic heterocycles. The molecule has 0 bridgehead atoms. The van der Waals surface area contributed by atoms with Gasteiger partial charge in [-0.3, -0.25) is 0 Å². The molecule has 0 saturated heterocycles. The molecule has 0 spiro atoms. The average molecular weight is 402 g/mol. The Morgan fingerprint density at radius 1 is 1.54 bits per heavy atom. The first-order valence-electron chi connectivity index (χ1n) is 4.89. The fourth-order valence-electron chi connectivity index (χ4n) is 1.79. The zero-order valence-electron chi connectivity index (χ0n) is 8.02. The maximum absolute atomic E-state index is 2.48. The first-order valence-corrected chi connectivity index (χ1v) is 7.49. The molecule has 1 aliphatic carbocycles. The SMILES string of the molecule is CCC[C@H]1C=C(I)CC/C1=C/CI. The van der Waals surface area contributed by atoms with Crippen LogP contribution in [0.1, 0.15) is 32.6 Å². The smallest absolute Gasteiger partial charge is 0.0178 e. The van der Waals surface area contributed by atoms with E-state index >= 15 is 0 Å². The van der Waals surface area contributed by atoms with Crippen molar-refractivity contribution in [3.8, 4) is 0 Å². The molecule has 0 aliphatic heterocycles. The van der Waals surface area contributed by atoms with Gasteiger partial charge in [-0.2, -0.15) is 0 Å². The molecule has 0 unspecified atom stereocenters. The highest BCUT2D eigenvalue weighted by Gasteiger charge is 2.15. The first kappa shape index (κ1) is 12.0. The highest BCUT2D eigenvalue weighted by Crippen LogP contribution is 2.33. The van der Waals surface area contributed by atoms with Crippen LogP contribution >= 0.6 is 45.2 Å². The Morgan fingerprint density at radius 3 is 2.92 bits per heavy atom. The molecule has 13 heavy (non-hydrogen) atoms. The van der Waals surface area contributed by atoms with E-state index in [9.17, 15) is 0 Å². The number of hydrogen-bond acceptors (Lipinski definition) is 0. The Hall–Kier alpha value is 0.940. The van der Waals surface area contributed by atoms with E-state index in [4.69, 9.17) is 0 Å². The molecule has 0 saturated carbocycles. The van der Waals surface area contributed by atoms with Crippen molar-refractivity contribution in [2.75, 3.05) is 4.43 Å². The van der Waals surface area contributed by atoms with E-state index in [1.807, 2.05) is 0 Å². The molecule has 0 radical (unpaired) electrons. The third kappa shape index (κ3) is 3.90. The Morgan fingerprint density at radius 2 is 2.31 bits per heavy atom. The summed E-state index contributed by atoms with van der Waals surface area (Å²) in [4.78, 5) is 0. The minimum absolute atomic E-state index is 0.750. The van der Waals surface area contributed by atoms with Crippen molar-refractivity contribution in [3.05, 3.63) is 21.3 Å². The van der Waals surface area contributed by atoms with E-state index in [0.717, 1.165) is 10.3 Å². The van der Waals surface area contributed by atoms with Crippen LogP contribution in [-0.4, -0.2) is 4.43 Å². The number of rotatable bonds is 3. The highest BCUT2D eigenvalue weighted by atomic mass is 127. The second-order valence-electron chi connectivity index (χ2n) is 3.44. The van der Waals surface area contributed by atoms with E-state index in [2.05, 4.69) is 64.3 Å². The molecule has 1 rings (SSSR count). The van der Waals surface area contributed by atoms with Gasteiger partial charge in [0, 0.05) is 4.43 Å². The van der Waals surface area contributed by atoms with Gasteiger partial charge in [0.1, 0.15) is 0 Å². The molecule has 1 aliphatic rings. The lowest BCUT2D eigenvalue weighted by Crippen LogP contribution is -2.06. The molecule has 1 atom stereocenters. The Balaban J connectivity index is 2.69. The largest absolute Gasteiger partial charge is 0.0818 e. The number of alkyl halides is 1. The lowest BCUT2D eigenvalue weighted by Gasteiger charge is -2.22. The monoisotopic (exact) mass is 402 g/mol. The summed E-state index contributed by atoms with van der Waals surface area (Å²) in [7, 11) is 0. The number of halogens is 2. The van der Waals surface area contributed by atoms with Crippen molar-refractivity contribution >= 4 is 45.2 Å². The van der Waals surface area contributed by atoms with Crippen LogP contribution in [0.4, 0.5) is 0 Å². The summed E-state index contributed by atoms with van der Waals surface area (Å²) in [5.74, 6) is 0.750. The summed E-state index contributed by atoms with van der Waals surface area (Å²) < 4.78 is 2.72. The highest BCUT2D eigenvalue weighted by molar-refractivity contribution is 14.1. The second kappa shape index (κ2) is 6.43. The van der Waals surface area contributed by atoms with Gasteiger partial charge in [0.15, 0.2) is 0 Å². The van der Waals surface area contributed by atoms with Crippen LogP contribution in [0.2, 0.25) is 0 Å². The van der Waals surface area contributed by atoms with Gasteiger partial charge < -0.3 is 0 Å². The van der Waals surface area contributed by atoms with E-state index in [1.165, 1.54) is 25.7 Å². The molecule has 0 N–H and O–H groups in total. The van der Waals surface area contributed by atoms with Gasteiger partial charge in [-0.05, 0) is 51.4 Å². The molecule has 74 valence electrons. The van der Waals surface area contributed by atoms with Gasteiger partial charge in [0.05, 0.1) is 0 Å². The third-order valence-electron chi connectivity index (χ3n) is 2.45. The van der Waals surface area contributed by atoms with E-state index in [0.29, 0.717) is 0 Å². The van der Waals surface area contributed by atoms with E-state index < -0.39 is 0 Å². The number of allylic oxidation sites excluding steroid dienone is 4. The molecule has 0 amide bonds. The quantitative estimate of drug-likeness (QED) is 0.359. The predicted octanol–water partition coefficient (Wildman–Crippen LogP) is 4.88. The van der Waals surface area contributed by atoms with Gasteiger partial charge >= 0.3 is 0 Å². The van der Waals surface area contributed by atoms with Gasteiger partial charge in [0.25, 0.3) is 0 Å². The number of hydrogen-bond donors (Lipinski definition) is 0. The van der Waals surface area contributed by atoms with Crippen molar-refractivity contribution in [3.63, 3.8) is 0 Å². The summed E-state index contributed by atoms with van der Waals surface area (Å²) in [6.07, 6.45) is 10.1. The maximum atomic E-state index is 2.48.